The molecule has 0 bridgehead atoms. The maximum atomic E-state index is 12.7. The van der Waals surface area contributed by atoms with Gasteiger partial charge in [0, 0.05) is 17.1 Å². The van der Waals surface area contributed by atoms with Crippen LogP contribution in [-0.4, -0.2) is 23.4 Å². The first kappa shape index (κ1) is 12.3. The minimum atomic E-state index is -0.0462. The fraction of sp³-hybridized carbons (Fsp3) is 0.375. The number of carbonyl (C=O) groups is 1. The van der Waals surface area contributed by atoms with Crippen molar-refractivity contribution >= 4 is 16.7 Å². The summed E-state index contributed by atoms with van der Waals surface area (Å²) >= 11 is 0. The molecule has 1 N–H and O–H groups in total. The third-order valence-electron chi connectivity index (χ3n) is 3.77. The quantitative estimate of drug-likeness (QED) is 0.838. The molecule has 1 unspecified atom stereocenters. The lowest BCUT2D eigenvalue weighted by molar-refractivity contribution is 0.0942. The predicted molar refractivity (Wildman–Crippen MR) is 76.3 cm³/mol. The Hall–Kier alpha value is -1.74. The van der Waals surface area contributed by atoms with Gasteiger partial charge >= 0.3 is 0 Å². The zero-order valence-corrected chi connectivity index (χ0v) is 10.9. The van der Waals surface area contributed by atoms with Gasteiger partial charge in [-0.3, -0.25) is 9.78 Å². The van der Waals surface area contributed by atoms with E-state index < -0.39 is 0 Å². The minimum Gasteiger partial charge on any atom is -0.307 e. The van der Waals surface area contributed by atoms with E-state index in [4.69, 9.17) is 0 Å². The standard InChI is InChI=1S/C16H18N2O/c19-16(14-9-2-1-3-10-17-14)13-8-4-6-12-7-5-11-18-15(12)13/h4-8,11,14,17H,1-3,9-10H2. The molecule has 1 aliphatic rings. The number of nitrogens with one attached hydrogen (secondary N) is 1. The molecule has 3 heteroatoms. The summed E-state index contributed by atoms with van der Waals surface area (Å²) in [6.45, 7) is 0.939. The van der Waals surface area contributed by atoms with Crippen molar-refractivity contribution in [1.29, 1.82) is 0 Å². The van der Waals surface area contributed by atoms with Gasteiger partial charge in [-0.2, -0.15) is 0 Å². The van der Waals surface area contributed by atoms with Crippen LogP contribution in [0.15, 0.2) is 36.5 Å². The number of hydrogen-bond acceptors (Lipinski definition) is 3. The molecule has 0 radical (unpaired) electrons. The van der Waals surface area contributed by atoms with Gasteiger partial charge in [-0.15, -0.1) is 0 Å². The van der Waals surface area contributed by atoms with Crippen LogP contribution in [0.3, 0.4) is 0 Å². The normalized spacial score (nSPS) is 20.1. The molecule has 2 aromatic rings. The number of pyridine rings is 1. The van der Waals surface area contributed by atoms with E-state index in [0.717, 1.165) is 42.3 Å². The third kappa shape index (κ3) is 2.51. The molecule has 3 nitrogen and oxygen atoms in total. The Balaban J connectivity index is 1.96. The summed E-state index contributed by atoms with van der Waals surface area (Å²) in [5, 5.41) is 4.40. The molecule has 1 aromatic heterocycles. The molecular weight excluding hydrogens is 236 g/mol. The molecule has 19 heavy (non-hydrogen) atoms. The van der Waals surface area contributed by atoms with Crippen molar-refractivity contribution in [2.75, 3.05) is 6.54 Å². The topological polar surface area (TPSA) is 42.0 Å². The molecule has 1 fully saturated rings. The number of hydrogen-bond donors (Lipinski definition) is 1. The number of nitrogens with zero attached hydrogens (tertiary/aromatic N) is 1. The van der Waals surface area contributed by atoms with E-state index in [2.05, 4.69) is 10.3 Å². The highest BCUT2D eigenvalue weighted by atomic mass is 16.1. The van der Waals surface area contributed by atoms with Crippen molar-refractivity contribution in [3.8, 4) is 0 Å². The lowest BCUT2D eigenvalue weighted by atomic mass is 9.98. The molecule has 3 rings (SSSR count). The number of Topliss-reactive ketones (excluding diaryl/α,β-unsaturated/α-hetero) is 1. The number of ketones is 1. The Labute approximate surface area is 113 Å². The fourth-order valence-electron chi connectivity index (χ4n) is 2.74. The van der Waals surface area contributed by atoms with E-state index >= 15 is 0 Å². The van der Waals surface area contributed by atoms with E-state index in [9.17, 15) is 4.79 Å². The second-order valence-electron chi connectivity index (χ2n) is 5.10. The number of fused-ring (bicyclic) bond motifs is 1. The summed E-state index contributed by atoms with van der Waals surface area (Å²) in [6, 6.07) is 9.69. The maximum absolute atomic E-state index is 12.7. The number of carbonyl (C=O) groups excluding carboxylic acids is 1. The van der Waals surface area contributed by atoms with Gasteiger partial charge in [-0.25, -0.2) is 0 Å². The molecule has 0 saturated carbocycles. The Morgan fingerprint density at radius 1 is 1.16 bits per heavy atom. The van der Waals surface area contributed by atoms with E-state index in [1.54, 1.807) is 6.20 Å². The summed E-state index contributed by atoms with van der Waals surface area (Å²) in [7, 11) is 0. The van der Waals surface area contributed by atoms with E-state index in [1.165, 1.54) is 6.42 Å². The van der Waals surface area contributed by atoms with E-state index in [1.807, 2.05) is 30.3 Å². The number of benzene rings is 1. The van der Waals surface area contributed by atoms with Gasteiger partial charge in [0.2, 0.25) is 0 Å². The molecule has 1 aromatic carbocycles. The lowest BCUT2D eigenvalue weighted by Crippen LogP contribution is -2.36. The van der Waals surface area contributed by atoms with Gasteiger partial charge in [-0.1, -0.05) is 31.0 Å². The van der Waals surface area contributed by atoms with Crippen molar-refractivity contribution in [3.63, 3.8) is 0 Å². The number of para-hydroxylation sites is 1. The monoisotopic (exact) mass is 254 g/mol. The van der Waals surface area contributed by atoms with Crippen LogP contribution in [0.2, 0.25) is 0 Å². The summed E-state index contributed by atoms with van der Waals surface area (Å²) in [5.41, 5.74) is 1.57. The Morgan fingerprint density at radius 2 is 2.05 bits per heavy atom. The average molecular weight is 254 g/mol. The summed E-state index contributed by atoms with van der Waals surface area (Å²) in [4.78, 5) is 17.0. The smallest absolute Gasteiger partial charge is 0.181 e. The molecule has 98 valence electrons. The first-order valence-corrected chi connectivity index (χ1v) is 6.97. The first-order chi connectivity index (χ1) is 9.36. The zero-order chi connectivity index (χ0) is 13.1. The Morgan fingerprint density at radius 3 is 3.00 bits per heavy atom. The van der Waals surface area contributed by atoms with Gasteiger partial charge in [0.25, 0.3) is 0 Å². The van der Waals surface area contributed by atoms with Gasteiger partial charge in [-0.05, 0) is 31.5 Å². The first-order valence-electron chi connectivity index (χ1n) is 6.97. The minimum absolute atomic E-state index is 0.0462. The van der Waals surface area contributed by atoms with Crippen molar-refractivity contribution < 1.29 is 4.79 Å². The maximum Gasteiger partial charge on any atom is 0.181 e. The van der Waals surface area contributed by atoms with Crippen LogP contribution in [-0.2, 0) is 0 Å². The highest BCUT2D eigenvalue weighted by molar-refractivity contribution is 6.09. The highest BCUT2D eigenvalue weighted by Gasteiger charge is 2.22. The van der Waals surface area contributed by atoms with Crippen LogP contribution >= 0.6 is 0 Å². The van der Waals surface area contributed by atoms with Crippen molar-refractivity contribution in [2.45, 2.75) is 31.7 Å². The van der Waals surface area contributed by atoms with Crippen molar-refractivity contribution in [3.05, 3.63) is 42.1 Å². The fourth-order valence-corrected chi connectivity index (χ4v) is 2.74. The Bertz CT molecular complexity index is 581. The van der Waals surface area contributed by atoms with Gasteiger partial charge in [0.05, 0.1) is 11.6 Å². The van der Waals surface area contributed by atoms with Crippen molar-refractivity contribution in [1.82, 2.24) is 10.3 Å². The van der Waals surface area contributed by atoms with Gasteiger partial charge in [0.15, 0.2) is 5.78 Å². The second kappa shape index (κ2) is 5.49. The number of rotatable bonds is 2. The molecule has 1 aliphatic heterocycles. The Kier molecular flexibility index (Phi) is 3.56. The van der Waals surface area contributed by atoms with Crippen LogP contribution in [0.4, 0.5) is 0 Å². The SMILES string of the molecule is O=C(c1cccc2cccnc12)C1CCCCCN1. The van der Waals surface area contributed by atoms with Gasteiger partial charge < -0.3 is 5.32 Å². The second-order valence-corrected chi connectivity index (χ2v) is 5.10. The highest BCUT2D eigenvalue weighted by Crippen LogP contribution is 2.20. The summed E-state index contributed by atoms with van der Waals surface area (Å²) in [5.74, 6) is 0.186. The van der Waals surface area contributed by atoms with Crippen LogP contribution in [0.1, 0.15) is 36.0 Å². The van der Waals surface area contributed by atoms with Crippen LogP contribution in [0.25, 0.3) is 10.9 Å². The zero-order valence-electron chi connectivity index (χ0n) is 10.9. The molecule has 0 amide bonds. The number of aromatic nitrogens is 1. The van der Waals surface area contributed by atoms with E-state index in [-0.39, 0.29) is 11.8 Å². The van der Waals surface area contributed by atoms with Crippen LogP contribution in [0.5, 0.6) is 0 Å². The third-order valence-corrected chi connectivity index (χ3v) is 3.77. The van der Waals surface area contributed by atoms with Crippen LogP contribution in [0, 0.1) is 0 Å². The molecule has 0 spiro atoms. The van der Waals surface area contributed by atoms with Gasteiger partial charge in [0.1, 0.15) is 0 Å². The predicted octanol–water partition coefficient (Wildman–Crippen LogP) is 2.95. The molecule has 1 saturated heterocycles. The molecule has 0 aliphatic carbocycles. The lowest BCUT2D eigenvalue weighted by Gasteiger charge is -2.15. The van der Waals surface area contributed by atoms with Crippen molar-refractivity contribution in [2.24, 2.45) is 0 Å². The van der Waals surface area contributed by atoms with Crippen LogP contribution < -0.4 is 5.32 Å². The summed E-state index contributed by atoms with van der Waals surface area (Å²) in [6.07, 6.45) is 6.19. The summed E-state index contributed by atoms with van der Waals surface area (Å²) < 4.78 is 0. The molecule has 1 atom stereocenters. The van der Waals surface area contributed by atoms with E-state index in [0.29, 0.717) is 0 Å². The largest absolute Gasteiger partial charge is 0.307 e. The average Bonchev–Trinajstić information content (AvgIpc) is 2.75. The molecule has 2 heterocycles. The molecular formula is C16H18N2O.